The molecule has 15 heavy (non-hydrogen) atoms. The van der Waals surface area contributed by atoms with Gasteiger partial charge in [0.2, 0.25) is 10.0 Å². The van der Waals surface area contributed by atoms with Gasteiger partial charge in [-0.1, -0.05) is 20.8 Å². The van der Waals surface area contributed by atoms with Gasteiger partial charge in [0.25, 0.3) is 0 Å². The molecule has 0 amide bonds. The molecule has 0 atom stereocenters. The SMILES string of the molecule is CCN(CC(C)C)S(=O)(=O)c1cn[nH]c1. The first-order valence-electron chi connectivity index (χ1n) is 4.97. The minimum absolute atomic E-state index is 0.227. The molecular formula is C9H17N3O2S. The third kappa shape index (κ3) is 2.79. The van der Waals surface area contributed by atoms with Crippen molar-refractivity contribution < 1.29 is 8.42 Å². The van der Waals surface area contributed by atoms with Crippen molar-refractivity contribution in [3.63, 3.8) is 0 Å². The fourth-order valence-electron chi connectivity index (χ4n) is 1.33. The Hall–Kier alpha value is -0.880. The lowest BCUT2D eigenvalue weighted by Crippen LogP contribution is -2.33. The average molecular weight is 231 g/mol. The third-order valence-electron chi connectivity index (χ3n) is 2.03. The van der Waals surface area contributed by atoms with Gasteiger partial charge >= 0.3 is 0 Å². The molecule has 0 radical (unpaired) electrons. The maximum Gasteiger partial charge on any atom is 0.246 e. The van der Waals surface area contributed by atoms with Gasteiger partial charge in [0.05, 0.1) is 6.20 Å². The summed E-state index contributed by atoms with van der Waals surface area (Å²) in [6.45, 7) is 6.83. The van der Waals surface area contributed by atoms with Crippen LogP contribution in [-0.2, 0) is 10.0 Å². The van der Waals surface area contributed by atoms with Crippen LogP contribution in [0, 0.1) is 5.92 Å². The first-order valence-corrected chi connectivity index (χ1v) is 6.41. The minimum Gasteiger partial charge on any atom is -0.284 e. The summed E-state index contributed by atoms with van der Waals surface area (Å²) in [7, 11) is -3.36. The van der Waals surface area contributed by atoms with Crippen LogP contribution in [0.4, 0.5) is 0 Å². The highest BCUT2D eigenvalue weighted by molar-refractivity contribution is 7.89. The minimum atomic E-state index is -3.36. The second-order valence-corrected chi connectivity index (χ2v) is 5.72. The van der Waals surface area contributed by atoms with Crippen LogP contribution < -0.4 is 0 Å². The summed E-state index contributed by atoms with van der Waals surface area (Å²) >= 11 is 0. The summed E-state index contributed by atoms with van der Waals surface area (Å²) in [4.78, 5) is 0.227. The van der Waals surface area contributed by atoms with E-state index in [1.54, 1.807) is 0 Å². The molecule has 0 aliphatic heterocycles. The van der Waals surface area contributed by atoms with Crippen LogP contribution in [0.25, 0.3) is 0 Å². The summed E-state index contributed by atoms with van der Waals surface area (Å²) in [6, 6.07) is 0. The summed E-state index contributed by atoms with van der Waals surface area (Å²) in [5.41, 5.74) is 0. The van der Waals surface area contributed by atoms with Crippen molar-refractivity contribution in [1.29, 1.82) is 0 Å². The predicted molar refractivity (Wildman–Crippen MR) is 57.9 cm³/mol. The summed E-state index contributed by atoms with van der Waals surface area (Å²) in [5.74, 6) is 0.312. The van der Waals surface area contributed by atoms with Crippen LogP contribution in [-0.4, -0.2) is 36.0 Å². The van der Waals surface area contributed by atoms with Crippen molar-refractivity contribution >= 4 is 10.0 Å². The zero-order chi connectivity index (χ0) is 11.5. The van der Waals surface area contributed by atoms with Crippen molar-refractivity contribution in [2.24, 2.45) is 5.92 Å². The van der Waals surface area contributed by atoms with Gasteiger partial charge in [-0.25, -0.2) is 8.42 Å². The van der Waals surface area contributed by atoms with Crippen molar-refractivity contribution in [3.05, 3.63) is 12.4 Å². The fraction of sp³-hybridized carbons (Fsp3) is 0.667. The highest BCUT2D eigenvalue weighted by Crippen LogP contribution is 2.14. The Balaban J connectivity index is 2.93. The highest BCUT2D eigenvalue weighted by Gasteiger charge is 2.24. The third-order valence-corrected chi connectivity index (χ3v) is 3.94. The maximum atomic E-state index is 12.0. The first kappa shape index (κ1) is 12.2. The van der Waals surface area contributed by atoms with Gasteiger partial charge in [-0.3, -0.25) is 5.10 Å². The molecule has 1 heterocycles. The predicted octanol–water partition coefficient (Wildman–Crippen LogP) is 1.08. The van der Waals surface area contributed by atoms with E-state index in [1.807, 2.05) is 20.8 Å². The number of aromatic amines is 1. The van der Waals surface area contributed by atoms with Crippen LogP contribution in [0.5, 0.6) is 0 Å². The van der Waals surface area contributed by atoms with E-state index in [2.05, 4.69) is 10.2 Å². The van der Waals surface area contributed by atoms with Gasteiger partial charge < -0.3 is 0 Å². The molecule has 86 valence electrons. The quantitative estimate of drug-likeness (QED) is 0.824. The molecule has 0 unspecified atom stereocenters. The molecule has 6 heteroatoms. The van der Waals surface area contributed by atoms with E-state index in [0.29, 0.717) is 19.0 Å². The first-order chi connectivity index (χ1) is 6.98. The summed E-state index contributed by atoms with van der Waals surface area (Å²) < 4.78 is 25.5. The molecule has 1 aromatic rings. The van der Waals surface area contributed by atoms with Crippen molar-refractivity contribution in [1.82, 2.24) is 14.5 Å². The van der Waals surface area contributed by atoms with E-state index in [9.17, 15) is 8.42 Å². The standard InChI is InChI=1S/C9H17N3O2S/c1-4-12(7-8(2)3)15(13,14)9-5-10-11-6-9/h5-6,8H,4,7H2,1-3H3,(H,10,11). The fourth-order valence-corrected chi connectivity index (χ4v) is 2.85. The Bertz CT molecular complexity index is 383. The van der Waals surface area contributed by atoms with Gasteiger partial charge in [0, 0.05) is 19.3 Å². The van der Waals surface area contributed by atoms with E-state index in [0.717, 1.165) is 0 Å². The lowest BCUT2D eigenvalue weighted by molar-refractivity contribution is 0.381. The van der Waals surface area contributed by atoms with E-state index in [1.165, 1.54) is 16.7 Å². The largest absolute Gasteiger partial charge is 0.284 e. The van der Waals surface area contributed by atoms with Gasteiger partial charge in [0.1, 0.15) is 4.90 Å². The van der Waals surface area contributed by atoms with Gasteiger partial charge in [0.15, 0.2) is 0 Å². The number of aromatic nitrogens is 2. The second-order valence-electron chi connectivity index (χ2n) is 3.78. The topological polar surface area (TPSA) is 66.1 Å². The van der Waals surface area contributed by atoms with E-state index < -0.39 is 10.0 Å². The van der Waals surface area contributed by atoms with Gasteiger partial charge in [-0.05, 0) is 5.92 Å². The smallest absolute Gasteiger partial charge is 0.246 e. The molecule has 0 aliphatic rings. The summed E-state index contributed by atoms with van der Waals surface area (Å²) in [5, 5.41) is 6.17. The normalized spacial score (nSPS) is 12.6. The van der Waals surface area contributed by atoms with Crippen molar-refractivity contribution in [2.45, 2.75) is 25.7 Å². The van der Waals surface area contributed by atoms with E-state index in [-0.39, 0.29) is 4.90 Å². The Morgan fingerprint density at radius 1 is 1.53 bits per heavy atom. The van der Waals surface area contributed by atoms with Crippen LogP contribution in [0.15, 0.2) is 17.3 Å². The second kappa shape index (κ2) is 4.76. The number of sulfonamides is 1. The van der Waals surface area contributed by atoms with Crippen molar-refractivity contribution in [3.8, 4) is 0 Å². The Morgan fingerprint density at radius 3 is 2.60 bits per heavy atom. The van der Waals surface area contributed by atoms with Crippen LogP contribution in [0.2, 0.25) is 0 Å². The molecule has 5 nitrogen and oxygen atoms in total. The molecule has 0 aromatic carbocycles. The van der Waals surface area contributed by atoms with Gasteiger partial charge in [-0.2, -0.15) is 9.40 Å². The summed E-state index contributed by atoms with van der Waals surface area (Å²) in [6.07, 6.45) is 2.73. The lowest BCUT2D eigenvalue weighted by Gasteiger charge is -2.21. The number of H-pyrrole nitrogens is 1. The molecule has 0 bridgehead atoms. The monoisotopic (exact) mass is 231 g/mol. The number of nitrogens with zero attached hydrogens (tertiary/aromatic N) is 2. The van der Waals surface area contributed by atoms with Crippen LogP contribution in [0.3, 0.4) is 0 Å². The zero-order valence-electron chi connectivity index (χ0n) is 9.27. The molecule has 0 saturated carbocycles. The number of hydrogen-bond donors (Lipinski definition) is 1. The number of nitrogens with one attached hydrogen (secondary N) is 1. The molecule has 0 aliphatic carbocycles. The Morgan fingerprint density at radius 2 is 2.20 bits per heavy atom. The lowest BCUT2D eigenvalue weighted by atomic mass is 10.2. The molecule has 1 N–H and O–H groups in total. The molecule has 0 spiro atoms. The Labute approximate surface area is 90.5 Å². The molecule has 0 saturated heterocycles. The van der Waals surface area contributed by atoms with E-state index >= 15 is 0 Å². The highest BCUT2D eigenvalue weighted by atomic mass is 32.2. The van der Waals surface area contributed by atoms with Gasteiger partial charge in [-0.15, -0.1) is 0 Å². The number of hydrogen-bond acceptors (Lipinski definition) is 3. The average Bonchev–Trinajstić information content (AvgIpc) is 2.66. The number of rotatable bonds is 5. The zero-order valence-corrected chi connectivity index (χ0v) is 10.1. The van der Waals surface area contributed by atoms with Crippen LogP contribution in [0.1, 0.15) is 20.8 Å². The maximum absolute atomic E-state index is 12.0. The molecule has 1 rings (SSSR count). The molecule has 0 fully saturated rings. The van der Waals surface area contributed by atoms with Crippen LogP contribution >= 0.6 is 0 Å². The Kier molecular flexibility index (Phi) is 3.87. The van der Waals surface area contributed by atoms with E-state index in [4.69, 9.17) is 0 Å². The van der Waals surface area contributed by atoms with Crippen molar-refractivity contribution in [2.75, 3.05) is 13.1 Å². The molecule has 1 aromatic heterocycles. The molecular weight excluding hydrogens is 214 g/mol.